The number of halogens is 1. The number of esters is 1. The van der Waals surface area contributed by atoms with Crippen LogP contribution in [-0.2, 0) is 11.2 Å². The van der Waals surface area contributed by atoms with E-state index in [0.717, 1.165) is 24.1 Å². The van der Waals surface area contributed by atoms with Crippen LogP contribution in [0.4, 0.5) is 5.69 Å². The Morgan fingerprint density at radius 3 is 2.87 bits per heavy atom. The second-order valence-corrected chi connectivity index (χ2v) is 5.61. The number of hydrogen-bond donors (Lipinski definition) is 0. The fraction of sp³-hybridized carbons (Fsp3) is 0.235. The minimum absolute atomic E-state index is 0.155. The molecule has 6 heteroatoms. The Hall–Kier alpha value is -2.40. The molecule has 0 radical (unpaired) electrons. The predicted molar refractivity (Wildman–Crippen MR) is 87.0 cm³/mol. The van der Waals surface area contributed by atoms with Crippen LogP contribution >= 0.6 is 11.6 Å². The van der Waals surface area contributed by atoms with Crippen LogP contribution in [0.1, 0.15) is 32.7 Å². The van der Waals surface area contributed by atoms with E-state index >= 15 is 0 Å². The molecule has 0 fully saturated rings. The number of fused-ring (bicyclic) bond motifs is 1. The lowest BCUT2D eigenvalue weighted by Gasteiger charge is -2.30. The molecule has 1 aromatic heterocycles. The summed E-state index contributed by atoms with van der Waals surface area (Å²) in [5.74, 6) is -0.541. The highest BCUT2D eigenvalue weighted by Gasteiger charge is 2.27. The first-order valence-electron chi connectivity index (χ1n) is 7.25. The van der Waals surface area contributed by atoms with Crippen LogP contribution < -0.4 is 4.90 Å². The smallest absolute Gasteiger partial charge is 0.338 e. The van der Waals surface area contributed by atoms with Gasteiger partial charge in [-0.15, -0.1) is 0 Å². The second-order valence-electron chi connectivity index (χ2n) is 5.22. The van der Waals surface area contributed by atoms with E-state index in [9.17, 15) is 9.59 Å². The Balaban J connectivity index is 2.02. The number of benzene rings is 1. The van der Waals surface area contributed by atoms with Gasteiger partial charge in [0.25, 0.3) is 5.91 Å². The third-order valence-corrected chi connectivity index (χ3v) is 4.08. The lowest BCUT2D eigenvalue weighted by Crippen LogP contribution is -2.36. The van der Waals surface area contributed by atoms with Gasteiger partial charge in [-0.05, 0) is 42.7 Å². The van der Waals surface area contributed by atoms with Crippen LogP contribution in [0.2, 0.25) is 5.15 Å². The van der Waals surface area contributed by atoms with E-state index in [1.54, 1.807) is 29.2 Å². The van der Waals surface area contributed by atoms with Crippen molar-refractivity contribution in [2.75, 3.05) is 18.6 Å². The van der Waals surface area contributed by atoms with Crippen LogP contribution in [0, 0.1) is 0 Å². The molecule has 0 N–H and O–H groups in total. The van der Waals surface area contributed by atoms with Crippen LogP contribution in [0.15, 0.2) is 36.5 Å². The van der Waals surface area contributed by atoms with Crippen molar-refractivity contribution in [2.24, 2.45) is 0 Å². The van der Waals surface area contributed by atoms with E-state index in [1.807, 2.05) is 6.07 Å². The molecular formula is C17H15ClN2O3. The minimum Gasteiger partial charge on any atom is -0.465 e. The molecule has 0 saturated heterocycles. The number of methoxy groups -OCH3 is 1. The molecular weight excluding hydrogens is 316 g/mol. The molecule has 1 aliphatic heterocycles. The number of amides is 1. The molecule has 23 heavy (non-hydrogen) atoms. The Morgan fingerprint density at radius 2 is 2.13 bits per heavy atom. The van der Waals surface area contributed by atoms with Gasteiger partial charge in [0.2, 0.25) is 0 Å². The number of carbonyl (C=O) groups is 2. The largest absolute Gasteiger partial charge is 0.465 e. The Morgan fingerprint density at radius 1 is 1.30 bits per heavy atom. The van der Waals surface area contributed by atoms with E-state index in [0.29, 0.717) is 17.7 Å². The lowest BCUT2D eigenvalue weighted by molar-refractivity contribution is 0.0599. The molecule has 2 heterocycles. The lowest BCUT2D eigenvalue weighted by atomic mass is 9.95. The number of ether oxygens (including phenoxy) is 1. The number of rotatable bonds is 2. The Labute approximate surface area is 138 Å². The molecule has 0 saturated carbocycles. The summed E-state index contributed by atoms with van der Waals surface area (Å²) in [6.45, 7) is 0.594. The van der Waals surface area contributed by atoms with Gasteiger partial charge < -0.3 is 9.64 Å². The third-order valence-electron chi connectivity index (χ3n) is 3.87. The monoisotopic (exact) mass is 330 g/mol. The summed E-state index contributed by atoms with van der Waals surface area (Å²) < 4.78 is 4.83. The molecule has 1 aromatic carbocycles. The first-order chi connectivity index (χ1) is 11.1. The van der Waals surface area contributed by atoms with Gasteiger partial charge in [-0.2, -0.15) is 0 Å². The number of nitrogens with zero attached hydrogens (tertiary/aromatic N) is 2. The van der Waals surface area contributed by atoms with Gasteiger partial charge in [-0.3, -0.25) is 4.79 Å². The van der Waals surface area contributed by atoms with E-state index in [4.69, 9.17) is 16.3 Å². The van der Waals surface area contributed by atoms with Crippen molar-refractivity contribution in [2.45, 2.75) is 12.8 Å². The minimum atomic E-state index is -0.386. The van der Waals surface area contributed by atoms with Gasteiger partial charge in [0.1, 0.15) is 5.15 Å². The zero-order chi connectivity index (χ0) is 16.4. The first-order valence-corrected chi connectivity index (χ1v) is 7.63. The predicted octanol–water partition coefficient (Wildman–Crippen LogP) is 3.11. The van der Waals surface area contributed by atoms with E-state index in [-0.39, 0.29) is 17.0 Å². The number of pyridine rings is 1. The highest BCUT2D eigenvalue weighted by molar-refractivity contribution is 6.29. The topological polar surface area (TPSA) is 59.5 Å². The third kappa shape index (κ3) is 2.92. The van der Waals surface area contributed by atoms with Crippen molar-refractivity contribution in [3.63, 3.8) is 0 Å². The highest BCUT2D eigenvalue weighted by atomic mass is 35.5. The first kappa shape index (κ1) is 15.5. The summed E-state index contributed by atoms with van der Waals surface area (Å²) in [6.07, 6.45) is 3.03. The molecule has 3 rings (SSSR count). The average molecular weight is 331 g/mol. The van der Waals surface area contributed by atoms with Gasteiger partial charge >= 0.3 is 5.97 Å². The molecule has 1 amide bonds. The maximum Gasteiger partial charge on any atom is 0.338 e. The summed E-state index contributed by atoms with van der Waals surface area (Å²) in [5.41, 5.74) is 2.58. The van der Waals surface area contributed by atoms with Crippen molar-refractivity contribution in [3.8, 4) is 0 Å². The van der Waals surface area contributed by atoms with Gasteiger partial charge in [0.05, 0.1) is 12.7 Å². The van der Waals surface area contributed by atoms with E-state index in [2.05, 4.69) is 4.98 Å². The van der Waals surface area contributed by atoms with Gasteiger partial charge in [-0.1, -0.05) is 17.7 Å². The molecule has 5 nitrogen and oxygen atoms in total. The maximum absolute atomic E-state index is 12.8. The van der Waals surface area contributed by atoms with Crippen molar-refractivity contribution < 1.29 is 14.3 Å². The number of aromatic nitrogens is 1. The fourth-order valence-corrected chi connectivity index (χ4v) is 3.00. The standard InChI is InChI=1S/C17H15ClN2O3/c1-23-17(22)13-4-2-6-14-12(13)5-3-9-20(14)16(21)11-7-8-19-15(18)10-11/h2,4,6-8,10H,3,5,9H2,1H3. The Kier molecular flexibility index (Phi) is 4.30. The number of carbonyl (C=O) groups excluding carboxylic acids is 2. The van der Waals surface area contributed by atoms with Gasteiger partial charge in [0.15, 0.2) is 0 Å². The molecule has 0 bridgehead atoms. The molecule has 118 valence electrons. The number of anilines is 1. The fourth-order valence-electron chi connectivity index (χ4n) is 2.83. The summed E-state index contributed by atoms with van der Waals surface area (Å²) >= 11 is 5.87. The molecule has 0 atom stereocenters. The quantitative estimate of drug-likeness (QED) is 0.627. The average Bonchev–Trinajstić information content (AvgIpc) is 2.59. The zero-order valence-corrected chi connectivity index (χ0v) is 13.3. The van der Waals surface area contributed by atoms with Gasteiger partial charge in [-0.25, -0.2) is 9.78 Å². The Bertz CT molecular complexity index is 776. The van der Waals surface area contributed by atoms with E-state index < -0.39 is 0 Å². The molecule has 1 aliphatic rings. The maximum atomic E-state index is 12.8. The van der Waals surface area contributed by atoms with Crippen molar-refractivity contribution >= 4 is 29.2 Å². The van der Waals surface area contributed by atoms with Crippen LogP contribution in [0.3, 0.4) is 0 Å². The van der Waals surface area contributed by atoms with Crippen LogP contribution in [-0.4, -0.2) is 30.5 Å². The number of hydrogen-bond acceptors (Lipinski definition) is 4. The van der Waals surface area contributed by atoms with Crippen LogP contribution in [0.25, 0.3) is 0 Å². The second kappa shape index (κ2) is 6.38. The van der Waals surface area contributed by atoms with Crippen molar-refractivity contribution in [1.82, 2.24) is 4.98 Å². The van der Waals surface area contributed by atoms with Gasteiger partial charge in [0, 0.05) is 24.0 Å². The summed E-state index contributed by atoms with van der Waals surface area (Å²) in [7, 11) is 1.35. The summed E-state index contributed by atoms with van der Waals surface area (Å²) in [5, 5.41) is 0.274. The van der Waals surface area contributed by atoms with E-state index in [1.165, 1.54) is 13.3 Å². The molecule has 2 aromatic rings. The molecule has 0 aliphatic carbocycles. The normalized spacial score (nSPS) is 13.4. The molecule has 0 spiro atoms. The molecule has 0 unspecified atom stereocenters. The SMILES string of the molecule is COC(=O)c1cccc2c1CCCN2C(=O)c1ccnc(Cl)c1. The van der Waals surface area contributed by atoms with Crippen molar-refractivity contribution in [3.05, 3.63) is 58.4 Å². The van der Waals surface area contributed by atoms with Crippen LogP contribution in [0.5, 0.6) is 0 Å². The summed E-state index contributed by atoms with van der Waals surface area (Å²) in [4.78, 5) is 30.3. The van der Waals surface area contributed by atoms with Crippen molar-refractivity contribution in [1.29, 1.82) is 0 Å². The summed E-state index contributed by atoms with van der Waals surface area (Å²) in [6, 6.07) is 8.51. The zero-order valence-electron chi connectivity index (χ0n) is 12.6. The highest BCUT2D eigenvalue weighted by Crippen LogP contribution is 2.31.